The van der Waals surface area contributed by atoms with E-state index in [4.69, 9.17) is 0 Å². The Balaban J connectivity index is 3.18. The van der Waals surface area contributed by atoms with Crippen molar-refractivity contribution < 1.29 is 18.4 Å². The third-order valence-corrected chi connectivity index (χ3v) is 2.43. The molecule has 16 heavy (non-hydrogen) atoms. The third-order valence-electron chi connectivity index (χ3n) is 2.21. The van der Waals surface area contributed by atoms with E-state index in [0.29, 0.717) is 0 Å². The van der Waals surface area contributed by atoms with Gasteiger partial charge in [0.05, 0.1) is 11.3 Å². The van der Waals surface area contributed by atoms with Gasteiger partial charge in [0, 0.05) is 6.42 Å². The number of rotatable bonds is 10. The van der Waals surface area contributed by atoms with Crippen molar-refractivity contribution in [3.8, 4) is 0 Å². The molecule has 96 valence electrons. The van der Waals surface area contributed by atoms with E-state index >= 15 is 0 Å². The number of unbranched alkanes of at least 4 members (excludes halogenated alkanes) is 6. The lowest BCUT2D eigenvalue weighted by Gasteiger charge is -2.06. The molecule has 5 nitrogen and oxygen atoms in total. The molecule has 1 atom stereocenters. The summed E-state index contributed by atoms with van der Waals surface area (Å²) < 4.78 is 20.0. The molecule has 1 N–H and O–H groups in total. The number of nitrogens with one attached hydrogen (secondary N) is 1. The second-order valence-electron chi connectivity index (χ2n) is 3.66. The van der Waals surface area contributed by atoms with E-state index in [2.05, 4.69) is 11.8 Å². The van der Waals surface area contributed by atoms with Gasteiger partial charge in [-0.1, -0.05) is 50.3 Å². The summed E-state index contributed by atoms with van der Waals surface area (Å²) in [5.41, 5.74) is 0. The highest BCUT2D eigenvalue weighted by Gasteiger charge is 2.02. The highest BCUT2D eigenvalue weighted by atomic mass is 32.2. The van der Waals surface area contributed by atoms with Crippen molar-refractivity contribution in [2.45, 2.75) is 58.3 Å². The van der Waals surface area contributed by atoms with Crippen LogP contribution in [0.5, 0.6) is 0 Å². The molecule has 0 radical (unpaired) electrons. The second-order valence-corrected chi connectivity index (χ2v) is 4.30. The predicted octanol–water partition coefficient (Wildman–Crippen LogP) is 1.97. The summed E-state index contributed by atoms with van der Waals surface area (Å²) in [7, 11) is 0. The molecule has 0 saturated carbocycles. The predicted molar refractivity (Wildman–Crippen MR) is 60.8 cm³/mol. The second kappa shape index (κ2) is 11.0. The molecule has 6 heteroatoms. The minimum absolute atomic E-state index is 0.262. The monoisotopic (exact) mass is 250 g/mol. The molecule has 0 aromatic rings. The first-order valence-corrected chi connectivity index (χ1v) is 6.79. The quantitative estimate of drug-likeness (QED) is 0.365. The van der Waals surface area contributed by atoms with E-state index in [0.717, 1.165) is 19.3 Å². The molecule has 0 aliphatic rings. The molecule has 0 aromatic heterocycles. The molecule has 0 heterocycles. The smallest absolute Gasteiger partial charge is 0.326 e. The lowest BCUT2D eigenvalue weighted by molar-refractivity contribution is -0.147. The summed E-state index contributed by atoms with van der Waals surface area (Å²) in [5.74, 6) is -0.530. The van der Waals surface area contributed by atoms with Crippen LogP contribution in [0.2, 0.25) is 0 Å². The van der Waals surface area contributed by atoms with E-state index in [1.54, 1.807) is 4.89 Å². The summed E-state index contributed by atoms with van der Waals surface area (Å²) in [6.45, 7) is 2.17. The van der Waals surface area contributed by atoms with Crippen molar-refractivity contribution in [2.75, 3.05) is 0 Å². The Labute approximate surface area is 99.3 Å². The molecule has 0 aliphatic carbocycles. The van der Waals surface area contributed by atoms with E-state index < -0.39 is 17.2 Å². The Morgan fingerprint density at radius 2 is 1.75 bits per heavy atom. The van der Waals surface area contributed by atoms with Crippen LogP contribution in [-0.2, 0) is 20.9 Å². The molecule has 1 unspecified atom stereocenters. The zero-order valence-electron chi connectivity index (χ0n) is 9.70. The molecular weight excluding hydrogens is 230 g/mol. The fourth-order valence-corrected chi connectivity index (χ4v) is 1.52. The molecular formula is C10H20NO4S-. The Hall–Kier alpha value is -0.460. The Morgan fingerprint density at radius 3 is 2.31 bits per heavy atom. The number of carbonyl (C=O) groups excluding carboxylic acids is 1. The van der Waals surface area contributed by atoms with Crippen molar-refractivity contribution in [3.05, 3.63) is 0 Å². The van der Waals surface area contributed by atoms with Crippen LogP contribution in [0, 0.1) is 0 Å². The van der Waals surface area contributed by atoms with E-state index in [1.165, 1.54) is 25.7 Å². The van der Waals surface area contributed by atoms with Crippen LogP contribution < -0.4 is 4.89 Å². The van der Waals surface area contributed by atoms with Crippen LogP contribution in [0.1, 0.15) is 58.3 Å². The van der Waals surface area contributed by atoms with Crippen molar-refractivity contribution >= 4 is 17.2 Å². The van der Waals surface area contributed by atoms with Crippen LogP contribution in [0.3, 0.4) is 0 Å². The molecule has 0 fully saturated rings. The van der Waals surface area contributed by atoms with Gasteiger partial charge in [0.25, 0.3) is 0 Å². The van der Waals surface area contributed by atoms with Gasteiger partial charge in [-0.15, -0.1) is 0 Å². The fourth-order valence-electron chi connectivity index (χ4n) is 1.36. The van der Waals surface area contributed by atoms with Crippen LogP contribution in [0.15, 0.2) is 0 Å². The Kier molecular flexibility index (Phi) is 10.7. The van der Waals surface area contributed by atoms with E-state index in [1.807, 2.05) is 0 Å². The molecule has 0 spiro atoms. The zero-order chi connectivity index (χ0) is 12.2. The maximum atomic E-state index is 10.9. The number of hydrogen-bond donors (Lipinski definition) is 1. The van der Waals surface area contributed by atoms with Gasteiger partial charge in [-0.05, 0) is 6.42 Å². The highest BCUT2D eigenvalue weighted by molar-refractivity contribution is 7.76. The summed E-state index contributed by atoms with van der Waals surface area (Å²) in [5, 5.41) is 0. The SMILES string of the molecule is CCCCCCCCCC(=O)ONS(=O)[O-]. The van der Waals surface area contributed by atoms with Crippen molar-refractivity contribution in [2.24, 2.45) is 0 Å². The summed E-state index contributed by atoms with van der Waals surface area (Å²) in [6.07, 6.45) is 8.05. The van der Waals surface area contributed by atoms with Gasteiger partial charge in [-0.25, -0.2) is 0 Å². The average molecular weight is 250 g/mol. The van der Waals surface area contributed by atoms with Gasteiger partial charge in [0.2, 0.25) is 0 Å². The topological polar surface area (TPSA) is 78.5 Å². The standard InChI is InChI=1S/C10H21NO4S/c1-2-3-4-5-6-7-8-9-10(12)15-11-16(13)14/h11H,2-9H2,1H3,(H,13,14)/p-1. The maximum absolute atomic E-state index is 10.9. The average Bonchev–Trinajstić information content (AvgIpc) is 2.25. The lowest BCUT2D eigenvalue weighted by atomic mass is 10.1. The van der Waals surface area contributed by atoms with Gasteiger partial charge in [-0.3, -0.25) is 9.00 Å². The van der Waals surface area contributed by atoms with Gasteiger partial charge in [0.15, 0.2) is 0 Å². The van der Waals surface area contributed by atoms with Gasteiger partial charge in [0.1, 0.15) is 0 Å². The van der Waals surface area contributed by atoms with Crippen molar-refractivity contribution in [3.63, 3.8) is 0 Å². The van der Waals surface area contributed by atoms with E-state index in [-0.39, 0.29) is 6.42 Å². The first-order chi connectivity index (χ1) is 7.66. The largest absolute Gasteiger partial charge is 0.758 e. The molecule has 0 rings (SSSR count). The molecule has 0 aromatic carbocycles. The minimum Gasteiger partial charge on any atom is -0.758 e. The number of hydrogen-bond acceptors (Lipinski definition) is 4. The van der Waals surface area contributed by atoms with E-state index in [9.17, 15) is 13.6 Å². The Morgan fingerprint density at radius 1 is 1.19 bits per heavy atom. The third kappa shape index (κ3) is 11.6. The van der Waals surface area contributed by atoms with Crippen LogP contribution in [0.25, 0.3) is 0 Å². The van der Waals surface area contributed by atoms with Crippen molar-refractivity contribution in [1.29, 1.82) is 0 Å². The molecule has 0 aliphatic heterocycles. The fraction of sp³-hybridized carbons (Fsp3) is 0.900. The Bertz CT molecular complexity index is 211. The first-order valence-electron chi connectivity index (χ1n) is 5.71. The van der Waals surface area contributed by atoms with Crippen LogP contribution >= 0.6 is 0 Å². The van der Waals surface area contributed by atoms with Crippen molar-refractivity contribution in [1.82, 2.24) is 4.89 Å². The minimum atomic E-state index is -2.54. The number of carbonyl (C=O) groups is 1. The molecule has 0 amide bonds. The maximum Gasteiger partial charge on any atom is 0.326 e. The molecule has 0 saturated heterocycles. The van der Waals surface area contributed by atoms with Crippen LogP contribution in [-0.4, -0.2) is 14.7 Å². The van der Waals surface area contributed by atoms with Gasteiger partial charge in [-0.2, -0.15) is 0 Å². The summed E-state index contributed by atoms with van der Waals surface area (Å²) >= 11 is -2.54. The summed E-state index contributed by atoms with van der Waals surface area (Å²) in [6, 6.07) is 0. The van der Waals surface area contributed by atoms with Gasteiger partial charge < -0.3 is 9.39 Å². The lowest BCUT2D eigenvalue weighted by Crippen LogP contribution is -2.21. The van der Waals surface area contributed by atoms with Crippen LogP contribution in [0.4, 0.5) is 0 Å². The zero-order valence-corrected chi connectivity index (χ0v) is 10.5. The van der Waals surface area contributed by atoms with Gasteiger partial charge >= 0.3 is 5.97 Å². The normalized spacial score (nSPS) is 12.4. The first kappa shape index (κ1) is 15.5. The highest BCUT2D eigenvalue weighted by Crippen LogP contribution is 2.08. The summed E-state index contributed by atoms with van der Waals surface area (Å²) in [4.78, 5) is 16.8. The molecule has 0 bridgehead atoms.